The fourth-order valence-electron chi connectivity index (χ4n) is 7.99. The van der Waals surface area contributed by atoms with Gasteiger partial charge in [0.25, 0.3) is 5.92 Å². The van der Waals surface area contributed by atoms with Gasteiger partial charge in [0.15, 0.2) is 5.79 Å². The molecular formula is C22H32F2O4. The summed E-state index contributed by atoms with van der Waals surface area (Å²) in [7, 11) is 0. The van der Waals surface area contributed by atoms with Crippen LogP contribution < -0.4 is 0 Å². The van der Waals surface area contributed by atoms with Crippen LogP contribution in [0.1, 0.15) is 65.2 Å². The molecule has 4 nitrogen and oxygen atoms in total. The zero-order valence-corrected chi connectivity index (χ0v) is 16.9. The number of ether oxygens (including phenoxy) is 3. The molecule has 4 aliphatic carbocycles. The van der Waals surface area contributed by atoms with Gasteiger partial charge in [0.2, 0.25) is 0 Å². The lowest BCUT2D eigenvalue weighted by molar-refractivity contribution is -0.257. The highest BCUT2D eigenvalue weighted by Gasteiger charge is 2.68. The van der Waals surface area contributed by atoms with Crippen molar-refractivity contribution in [3.05, 3.63) is 0 Å². The first kappa shape index (κ1) is 19.2. The van der Waals surface area contributed by atoms with Gasteiger partial charge in [-0.1, -0.05) is 6.92 Å². The van der Waals surface area contributed by atoms with Crippen LogP contribution >= 0.6 is 0 Å². The summed E-state index contributed by atoms with van der Waals surface area (Å²) >= 11 is 0. The van der Waals surface area contributed by atoms with Crippen molar-refractivity contribution in [1.29, 1.82) is 0 Å². The molecule has 1 spiro atoms. The van der Waals surface area contributed by atoms with Gasteiger partial charge < -0.3 is 14.2 Å². The average molecular weight is 398 g/mol. The van der Waals surface area contributed by atoms with Crippen LogP contribution in [0.5, 0.6) is 0 Å². The molecule has 0 N–H and O–H groups in total. The summed E-state index contributed by atoms with van der Waals surface area (Å²) in [6.07, 6.45) is 5.18. The fourth-order valence-corrected chi connectivity index (χ4v) is 7.99. The van der Waals surface area contributed by atoms with E-state index >= 15 is 8.78 Å². The number of hydrogen-bond donors (Lipinski definition) is 0. The second-order valence-electron chi connectivity index (χ2n) is 10.2. The van der Waals surface area contributed by atoms with Crippen LogP contribution in [0.3, 0.4) is 0 Å². The largest absolute Gasteiger partial charge is 0.463 e. The standard InChI is InChI=1S/C22H32F2O4/c1-13(25)28-14-3-4-16-15-5-7-20(2)18(6-8-22(20)26-9-10-27-22)17(15)12-21(23,24)19(16)11-14/h14-19H,3-12H2,1-2H3/t14-,15?,16+,17+,18?,19?,20-/m0/s1. The fraction of sp³-hybridized carbons (Fsp3) is 0.955. The molecule has 7 atom stereocenters. The molecule has 0 amide bonds. The lowest BCUT2D eigenvalue weighted by Crippen LogP contribution is -2.58. The van der Waals surface area contributed by atoms with Gasteiger partial charge in [-0.2, -0.15) is 0 Å². The maximum Gasteiger partial charge on any atom is 0.302 e. The Morgan fingerprint density at radius 1 is 0.964 bits per heavy atom. The van der Waals surface area contributed by atoms with Gasteiger partial charge in [-0.15, -0.1) is 0 Å². The third-order valence-electron chi connectivity index (χ3n) is 9.08. The topological polar surface area (TPSA) is 44.8 Å². The van der Waals surface area contributed by atoms with Crippen LogP contribution in [0.2, 0.25) is 0 Å². The van der Waals surface area contributed by atoms with Crippen LogP contribution in [0.15, 0.2) is 0 Å². The highest BCUT2D eigenvalue weighted by atomic mass is 19.3. The predicted octanol–water partition coefficient (Wildman–Crippen LogP) is 4.56. The molecule has 5 aliphatic rings. The Morgan fingerprint density at radius 2 is 1.71 bits per heavy atom. The van der Waals surface area contributed by atoms with E-state index in [-0.39, 0.29) is 41.7 Å². The summed E-state index contributed by atoms with van der Waals surface area (Å²) in [5, 5.41) is 0. The summed E-state index contributed by atoms with van der Waals surface area (Å²) in [5.74, 6) is -3.52. The number of carbonyl (C=O) groups excluding carboxylic acids is 1. The Kier molecular flexibility index (Phi) is 4.38. The van der Waals surface area contributed by atoms with Gasteiger partial charge in [-0.3, -0.25) is 4.79 Å². The molecule has 1 saturated heterocycles. The lowest BCUT2D eigenvalue weighted by atomic mass is 9.49. The molecule has 0 aromatic rings. The first-order chi connectivity index (χ1) is 13.3. The van der Waals surface area contributed by atoms with Crippen LogP contribution in [0, 0.1) is 35.0 Å². The molecule has 5 fully saturated rings. The van der Waals surface area contributed by atoms with E-state index in [0.29, 0.717) is 25.6 Å². The molecule has 6 heteroatoms. The summed E-state index contributed by atoms with van der Waals surface area (Å²) < 4.78 is 48.3. The van der Waals surface area contributed by atoms with E-state index in [9.17, 15) is 4.79 Å². The first-order valence-electron chi connectivity index (χ1n) is 11.1. The van der Waals surface area contributed by atoms with Crippen molar-refractivity contribution in [3.8, 4) is 0 Å². The second kappa shape index (κ2) is 6.37. The van der Waals surface area contributed by atoms with Gasteiger partial charge in [0, 0.05) is 31.1 Å². The van der Waals surface area contributed by atoms with Crippen molar-refractivity contribution >= 4 is 5.97 Å². The van der Waals surface area contributed by atoms with E-state index in [0.717, 1.165) is 38.5 Å². The Bertz CT molecular complexity index is 646. The van der Waals surface area contributed by atoms with E-state index in [2.05, 4.69) is 6.92 Å². The Balaban J connectivity index is 1.40. The van der Waals surface area contributed by atoms with Crippen molar-refractivity contribution in [2.75, 3.05) is 13.2 Å². The molecule has 1 aliphatic heterocycles. The summed E-state index contributed by atoms with van der Waals surface area (Å²) in [6.45, 7) is 4.84. The zero-order chi connectivity index (χ0) is 19.7. The van der Waals surface area contributed by atoms with Crippen molar-refractivity contribution in [2.24, 2.45) is 35.0 Å². The Morgan fingerprint density at radius 3 is 2.43 bits per heavy atom. The molecule has 28 heavy (non-hydrogen) atoms. The number of rotatable bonds is 1. The molecule has 158 valence electrons. The zero-order valence-electron chi connectivity index (χ0n) is 16.9. The Labute approximate surface area is 165 Å². The highest BCUT2D eigenvalue weighted by molar-refractivity contribution is 5.66. The molecule has 0 bridgehead atoms. The molecule has 0 radical (unpaired) electrons. The maximum absolute atomic E-state index is 15.4. The van der Waals surface area contributed by atoms with E-state index in [4.69, 9.17) is 14.2 Å². The number of fused-ring (bicyclic) bond motifs is 6. The minimum absolute atomic E-state index is 0.0258. The lowest BCUT2D eigenvalue weighted by Gasteiger charge is -2.58. The maximum atomic E-state index is 15.4. The highest BCUT2D eigenvalue weighted by Crippen LogP contribution is 2.68. The van der Waals surface area contributed by atoms with Crippen molar-refractivity contribution < 1.29 is 27.8 Å². The summed E-state index contributed by atoms with van der Waals surface area (Å²) in [5.41, 5.74) is -0.150. The molecule has 0 aromatic heterocycles. The molecular weight excluding hydrogens is 366 g/mol. The van der Waals surface area contributed by atoms with Gasteiger partial charge >= 0.3 is 5.97 Å². The van der Waals surface area contributed by atoms with Gasteiger partial charge in [0.05, 0.1) is 13.2 Å². The van der Waals surface area contributed by atoms with Crippen LogP contribution in [0.4, 0.5) is 8.78 Å². The van der Waals surface area contributed by atoms with Gasteiger partial charge in [-0.05, 0) is 62.2 Å². The van der Waals surface area contributed by atoms with E-state index in [1.165, 1.54) is 6.92 Å². The molecule has 1 heterocycles. The number of alkyl halides is 2. The third kappa shape index (κ3) is 2.62. The SMILES string of the molecule is CC(=O)O[C@H]1CC[C@@H]2C3CC[C@@]4(C)C(CCC45OCCO5)[C@@H]3CC(F)(F)C2C1. The second-order valence-corrected chi connectivity index (χ2v) is 10.2. The van der Waals surface area contributed by atoms with Crippen LogP contribution in [-0.4, -0.2) is 37.0 Å². The minimum atomic E-state index is -2.68. The van der Waals surface area contributed by atoms with Crippen LogP contribution in [0.25, 0.3) is 0 Å². The summed E-state index contributed by atoms with van der Waals surface area (Å²) in [6, 6.07) is 0. The number of carbonyl (C=O) groups is 1. The van der Waals surface area contributed by atoms with Crippen molar-refractivity contribution in [2.45, 2.75) is 83.0 Å². The van der Waals surface area contributed by atoms with Gasteiger partial charge in [-0.25, -0.2) is 8.78 Å². The first-order valence-corrected chi connectivity index (χ1v) is 11.1. The predicted molar refractivity (Wildman–Crippen MR) is 97.6 cm³/mol. The van der Waals surface area contributed by atoms with Crippen molar-refractivity contribution in [3.63, 3.8) is 0 Å². The van der Waals surface area contributed by atoms with E-state index in [1.807, 2.05) is 0 Å². The smallest absolute Gasteiger partial charge is 0.302 e. The summed E-state index contributed by atoms with van der Waals surface area (Å²) in [4.78, 5) is 11.3. The van der Waals surface area contributed by atoms with Crippen molar-refractivity contribution in [1.82, 2.24) is 0 Å². The number of esters is 1. The normalized spacial score (nSPS) is 48.6. The average Bonchev–Trinajstić information content (AvgIpc) is 3.21. The molecule has 4 saturated carbocycles. The molecule has 5 rings (SSSR count). The third-order valence-corrected chi connectivity index (χ3v) is 9.08. The van der Waals surface area contributed by atoms with Gasteiger partial charge in [0.1, 0.15) is 6.10 Å². The molecule has 3 unspecified atom stereocenters. The molecule has 0 aromatic carbocycles. The quantitative estimate of drug-likeness (QED) is 0.608. The number of halogens is 2. The van der Waals surface area contributed by atoms with E-state index in [1.54, 1.807) is 0 Å². The monoisotopic (exact) mass is 398 g/mol. The van der Waals surface area contributed by atoms with Crippen LogP contribution in [-0.2, 0) is 19.0 Å². The minimum Gasteiger partial charge on any atom is -0.463 e. The Hall–Kier alpha value is -0.750. The number of hydrogen-bond acceptors (Lipinski definition) is 4. The van der Waals surface area contributed by atoms with E-state index < -0.39 is 17.6 Å².